The average molecular weight is 384 g/mol. The summed E-state index contributed by atoms with van der Waals surface area (Å²) >= 11 is 0. The minimum absolute atomic E-state index is 0. The molecule has 4 nitrogen and oxygen atoms in total. The summed E-state index contributed by atoms with van der Waals surface area (Å²) in [5.41, 5.74) is 10.0. The van der Waals surface area contributed by atoms with E-state index >= 15 is 0 Å². The molecule has 1 heterocycles. The van der Waals surface area contributed by atoms with Crippen LogP contribution in [0.2, 0.25) is 0 Å². The smallest absolute Gasteiger partial charge is 0.161 e. The molecule has 0 aliphatic carbocycles. The first-order valence-electron chi connectivity index (χ1n) is 8.73. The number of nitrogens with two attached hydrogens (primary N) is 1. The van der Waals surface area contributed by atoms with E-state index < -0.39 is 0 Å². The second-order valence-electron chi connectivity index (χ2n) is 6.17. The Morgan fingerprint density at radius 1 is 0.815 bits per heavy atom. The van der Waals surface area contributed by atoms with Crippen LogP contribution in [0, 0.1) is 0 Å². The summed E-state index contributed by atoms with van der Waals surface area (Å²) < 4.78 is 17.4. The van der Waals surface area contributed by atoms with Crippen LogP contribution in [0.5, 0.6) is 17.2 Å². The minimum Gasteiger partial charge on any atom is -0.488 e. The molecule has 27 heavy (non-hydrogen) atoms. The standard InChI is InChI=1S/C22H21NO3.ClH/c23-14-17-6-8-20(26-15-16-4-2-1-3-5-16)19(12-17)18-7-9-21-22(13-18)25-11-10-24-21;/h1-9,12-13H,10-11,14-15,23H2;1H. The molecule has 2 N–H and O–H groups in total. The molecule has 0 atom stereocenters. The molecule has 4 rings (SSSR count). The van der Waals surface area contributed by atoms with Crippen LogP contribution in [0.3, 0.4) is 0 Å². The van der Waals surface area contributed by atoms with Gasteiger partial charge in [-0.15, -0.1) is 12.4 Å². The third-order valence-corrected chi connectivity index (χ3v) is 4.37. The van der Waals surface area contributed by atoms with Gasteiger partial charge in [-0.05, 0) is 41.0 Å². The van der Waals surface area contributed by atoms with Crippen LogP contribution in [0.15, 0.2) is 66.7 Å². The van der Waals surface area contributed by atoms with Gasteiger partial charge in [-0.25, -0.2) is 0 Å². The number of fused-ring (bicyclic) bond motifs is 1. The summed E-state index contributed by atoms with van der Waals surface area (Å²) in [5, 5.41) is 0. The van der Waals surface area contributed by atoms with Gasteiger partial charge in [-0.1, -0.05) is 42.5 Å². The Labute approximate surface area is 165 Å². The summed E-state index contributed by atoms with van der Waals surface area (Å²) in [7, 11) is 0. The van der Waals surface area contributed by atoms with Crippen LogP contribution in [0.4, 0.5) is 0 Å². The number of halogens is 1. The Morgan fingerprint density at radius 3 is 2.37 bits per heavy atom. The van der Waals surface area contributed by atoms with E-state index in [0.717, 1.165) is 39.5 Å². The van der Waals surface area contributed by atoms with E-state index in [0.29, 0.717) is 26.4 Å². The highest BCUT2D eigenvalue weighted by molar-refractivity contribution is 5.85. The molecule has 0 spiro atoms. The molecule has 0 radical (unpaired) electrons. The Morgan fingerprint density at radius 2 is 1.59 bits per heavy atom. The Bertz CT molecular complexity index is 899. The predicted molar refractivity (Wildman–Crippen MR) is 109 cm³/mol. The van der Waals surface area contributed by atoms with Crippen molar-refractivity contribution in [2.24, 2.45) is 5.73 Å². The molecule has 0 unspecified atom stereocenters. The second kappa shape index (κ2) is 8.80. The lowest BCUT2D eigenvalue weighted by molar-refractivity contribution is 0.171. The molecular formula is C22H22ClNO3. The van der Waals surface area contributed by atoms with E-state index in [2.05, 4.69) is 18.2 Å². The highest BCUT2D eigenvalue weighted by atomic mass is 35.5. The largest absolute Gasteiger partial charge is 0.488 e. The van der Waals surface area contributed by atoms with Crippen LogP contribution in [0.25, 0.3) is 11.1 Å². The quantitative estimate of drug-likeness (QED) is 0.700. The third kappa shape index (κ3) is 4.35. The van der Waals surface area contributed by atoms with E-state index in [-0.39, 0.29) is 12.4 Å². The Balaban J connectivity index is 0.00000210. The molecule has 3 aromatic rings. The number of benzene rings is 3. The molecule has 0 saturated heterocycles. The van der Waals surface area contributed by atoms with E-state index in [1.54, 1.807) is 0 Å². The molecule has 5 heteroatoms. The van der Waals surface area contributed by atoms with Gasteiger partial charge in [-0.3, -0.25) is 0 Å². The van der Waals surface area contributed by atoms with Gasteiger partial charge in [0, 0.05) is 12.1 Å². The zero-order valence-corrected chi connectivity index (χ0v) is 15.7. The number of hydrogen-bond acceptors (Lipinski definition) is 4. The molecule has 0 amide bonds. The topological polar surface area (TPSA) is 53.7 Å². The fraction of sp³-hybridized carbons (Fsp3) is 0.182. The summed E-state index contributed by atoms with van der Waals surface area (Å²) in [5.74, 6) is 2.37. The van der Waals surface area contributed by atoms with E-state index in [1.165, 1.54) is 0 Å². The zero-order chi connectivity index (χ0) is 17.8. The summed E-state index contributed by atoms with van der Waals surface area (Å²) in [6, 6.07) is 22.2. The molecule has 0 bridgehead atoms. The predicted octanol–water partition coefficient (Wildman–Crippen LogP) is 4.58. The lowest BCUT2D eigenvalue weighted by atomic mass is 10.0. The SMILES string of the molecule is Cl.NCc1ccc(OCc2ccccc2)c(-c2ccc3c(c2)OCCO3)c1. The summed E-state index contributed by atoms with van der Waals surface area (Å²) in [6.45, 7) is 2.15. The maximum absolute atomic E-state index is 6.11. The van der Waals surface area contributed by atoms with Crippen LogP contribution < -0.4 is 19.9 Å². The van der Waals surface area contributed by atoms with Crippen molar-refractivity contribution < 1.29 is 14.2 Å². The third-order valence-electron chi connectivity index (χ3n) is 4.37. The first-order chi connectivity index (χ1) is 12.8. The van der Waals surface area contributed by atoms with Gasteiger partial charge in [-0.2, -0.15) is 0 Å². The second-order valence-corrected chi connectivity index (χ2v) is 6.17. The first-order valence-corrected chi connectivity index (χ1v) is 8.73. The molecule has 0 fully saturated rings. The fourth-order valence-electron chi connectivity index (χ4n) is 3.00. The van der Waals surface area contributed by atoms with Gasteiger partial charge in [0.2, 0.25) is 0 Å². The summed E-state index contributed by atoms with van der Waals surface area (Å²) in [4.78, 5) is 0. The first kappa shape index (κ1) is 19.1. The van der Waals surface area contributed by atoms with Gasteiger partial charge in [0.1, 0.15) is 25.6 Å². The lowest BCUT2D eigenvalue weighted by Gasteiger charge is -2.20. The average Bonchev–Trinajstić information content (AvgIpc) is 2.72. The van der Waals surface area contributed by atoms with Crippen molar-refractivity contribution in [1.82, 2.24) is 0 Å². The monoisotopic (exact) mass is 383 g/mol. The van der Waals surface area contributed by atoms with Crippen molar-refractivity contribution in [3.8, 4) is 28.4 Å². The van der Waals surface area contributed by atoms with Crippen molar-refractivity contribution in [3.63, 3.8) is 0 Å². The Kier molecular flexibility index (Phi) is 6.22. The van der Waals surface area contributed by atoms with Crippen molar-refractivity contribution in [3.05, 3.63) is 77.9 Å². The van der Waals surface area contributed by atoms with Gasteiger partial charge in [0.25, 0.3) is 0 Å². The fourth-order valence-corrected chi connectivity index (χ4v) is 3.00. The van der Waals surface area contributed by atoms with Crippen molar-refractivity contribution >= 4 is 12.4 Å². The van der Waals surface area contributed by atoms with Gasteiger partial charge < -0.3 is 19.9 Å². The van der Waals surface area contributed by atoms with Crippen LogP contribution >= 0.6 is 12.4 Å². The van der Waals surface area contributed by atoms with Crippen LogP contribution in [0.1, 0.15) is 11.1 Å². The number of rotatable bonds is 5. The van der Waals surface area contributed by atoms with E-state index in [1.807, 2.05) is 48.5 Å². The highest BCUT2D eigenvalue weighted by Crippen LogP contribution is 2.38. The number of hydrogen-bond donors (Lipinski definition) is 1. The summed E-state index contributed by atoms with van der Waals surface area (Å²) in [6.07, 6.45) is 0. The maximum atomic E-state index is 6.11. The molecule has 1 aliphatic heterocycles. The van der Waals surface area contributed by atoms with Crippen molar-refractivity contribution in [2.45, 2.75) is 13.2 Å². The normalized spacial score (nSPS) is 12.2. The van der Waals surface area contributed by atoms with Crippen molar-refractivity contribution in [2.75, 3.05) is 13.2 Å². The minimum atomic E-state index is 0. The molecule has 1 aliphatic rings. The molecule has 140 valence electrons. The molecule has 0 saturated carbocycles. The maximum Gasteiger partial charge on any atom is 0.161 e. The number of ether oxygens (including phenoxy) is 3. The van der Waals surface area contributed by atoms with Crippen LogP contribution in [-0.4, -0.2) is 13.2 Å². The van der Waals surface area contributed by atoms with E-state index in [9.17, 15) is 0 Å². The molecule has 3 aromatic carbocycles. The van der Waals surface area contributed by atoms with Gasteiger partial charge in [0.15, 0.2) is 11.5 Å². The van der Waals surface area contributed by atoms with Crippen LogP contribution in [-0.2, 0) is 13.2 Å². The highest BCUT2D eigenvalue weighted by Gasteiger charge is 2.15. The molecule has 0 aromatic heterocycles. The van der Waals surface area contributed by atoms with Crippen molar-refractivity contribution in [1.29, 1.82) is 0 Å². The Hall–Kier alpha value is -2.69. The molecular weight excluding hydrogens is 362 g/mol. The zero-order valence-electron chi connectivity index (χ0n) is 14.9. The van der Waals surface area contributed by atoms with Gasteiger partial charge in [0.05, 0.1) is 0 Å². The lowest BCUT2D eigenvalue weighted by Crippen LogP contribution is -2.15. The van der Waals surface area contributed by atoms with Gasteiger partial charge >= 0.3 is 0 Å². The van der Waals surface area contributed by atoms with E-state index in [4.69, 9.17) is 19.9 Å².